The molecular weight excluding hydrogens is 369 g/mol. The van der Waals surface area contributed by atoms with Crippen LogP contribution in [0, 0.1) is 12.7 Å². The first-order valence-electron chi connectivity index (χ1n) is 8.19. The molecule has 27 heavy (non-hydrogen) atoms. The Bertz CT molecular complexity index is 1110. The van der Waals surface area contributed by atoms with Crippen LogP contribution in [0.15, 0.2) is 48.5 Å². The number of H-pyrrole nitrogens is 1. The number of anilines is 2. The Kier molecular flexibility index (Phi) is 4.47. The maximum Gasteiger partial charge on any atom is 0.164 e. The van der Waals surface area contributed by atoms with Gasteiger partial charge in [0.2, 0.25) is 0 Å². The highest BCUT2D eigenvalue weighted by Crippen LogP contribution is 2.29. The summed E-state index contributed by atoms with van der Waals surface area (Å²) >= 11 is 6.10. The molecule has 2 aromatic heterocycles. The maximum absolute atomic E-state index is 13.2. The van der Waals surface area contributed by atoms with E-state index >= 15 is 0 Å². The Balaban J connectivity index is 1.81. The number of benzene rings is 2. The number of nitrogens with one attached hydrogen (secondary N) is 2. The molecule has 2 aromatic carbocycles. The van der Waals surface area contributed by atoms with Crippen LogP contribution in [0.5, 0.6) is 0 Å². The molecule has 3 N–H and O–H groups in total. The lowest BCUT2D eigenvalue weighted by molar-refractivity contribution is 0.210. The zero-order chi connectivity index (χ0) is 19.0. The molecule has 0 amide bonds. The Hall–Kier alpha value is -3.03. The molecule has 0 aliphatic rings. The third-order valence-electron chi connectivity index (χ3n) is 4.06. The van der Waals surface area contributed by atoms with Crippen LogP contribution in [0.25, 0.3) is 10.9 Å². The second kappa shape index (κ2) is 6.94. The van der Waals surface area contributed by atoms with E-state index in [1.165, 1.54) is 24.3 Å². The Labute approximate surface area is 159 Å². The lowest BCUT2D eigenvalue weighted by Gasteiger charge is -2.14. The third-order valence-corrected chi connectivity index (χ3v) is 4.29. The van der Waals surface area contributed by atoms with E-state index in [-0.39, 0.29) is 11.6 Å². The van der Waals surface area contributed by atoms with E-state index in [0.717, 1.165) is 11.1 Å². The molecule has 0 bridgehead atoms. The first kappa shape index (κ1) is 17.4. The summed E-state index contributed by atoms with van der Waals surface area (Å²) < 4.78 is 13.2. The SMILES string of the molecule is Cc1cc(Nc2nc(C(O)c3ccc(F)cc3)nc3cc(Cl)ccc23)n[nH]1. The zero-order valence-electron chi connectivity index (χ0n) is 14.2. The molecule has 0 aliphatic carbocycles. The van der Waals surface area contributed by atoms with E-state index in [1.54, 1.807) is 18.2 Å². The summed E-state index contributed by atoms with van der Waals surface area (Å²) in [7, 11) is 0. The summed E-state index contributed by atoms with van der Waals surface area (Å²) in [6.45, 7) is 1.89. The quantitative estimate of drug-likeness (QED) is 0.489. The highest BCUT2D eigenvalue weighted by molar-refractivity contribution is 6.31. The first-order valence-corrected chi connectivity index (χ1v) is 8.57. The highest BCUT2D eigenvalue weighted by atomic mass is 35.5. The molecule has 4 aromatic rings. The van der Waals surface area contributed by atoms with Gasteiger partial charge in [-0.15, -0.1) is 0 Å². The molecule has 136 valence electrons. The number of aliphatic hydroxyl groups is 1. The van der Waals surface area contributed by atoms with Crippen molar-refractivity contribution < 1.29 is 9.50 Å². The molecule has 6 nitrogen and oxygen atoms in total. The van der Waals surface area contributed by atoms with Gasteiger partial charge in [-0.1, -0.05) is 23.7 Å². The number of aromatic nitrogens is 4. The number of halogens is 2. The summed E-state index contributed by atoms with van der Waals surface area (Å²) in [6.07, 6.45) is -1.12. The van der Waals surface area contributed by atoms with E-state index in [1.807, 2.05) is 13.0 Å². The molecule has 0 aliphatic heterocycles. The number of fused-ring (bicyclic) bond motifs is 1. The highest BCUT2D eigenvalue weighted by Gasteiger charge is 2.18. The molecule has 0 spiro atoms. The van der Waals surface area contributed by atoms with Crippen LogP contribution in [-0.2, 0) is 0 Å². The average molecular weight is 384 g/mol. The van der Waals surface area contributed by atoms with Gasteiger partial charge in [0.15, 0.2) is 11.6 Å². The average Bonchev–Trinajstić information content (AvgIpc) is 3.06. The van der Waals surface area contributed by atoms with Crippen molar-refractivity contribution in [1.82, 2.24) is 20.2 Å². The number of hydrogen-bond donors (Lipinski definition) is 3. The smallest absolute Gasteiger partial charge is 0.164 e. The van der Waals surface area contributed by atoms with Crippen molar-refractivity contribution >= 4 is 34.1 Å². The summed E-state index contributed by atoms with van der Waals surface area (Å²) in [5.74, 6) is 0.864. The normalized spacial score (nSPS) is 12.3. The van der Waals surface area contributed by atoms with Crippen LogP contribution >= 0.6 is 11.6 Å². The minimum atomic E-state index is -1.12. The van der Waals surface area contributed by atoms with E-state index in [0.29, 0.717) is 27.7 Å². The van der Waals surface area contributed by atoms with Gasteiger partial charge in [0, 0.05) is 22.2 Å². The Morgan fingerprint density at radius 1 is 1.11 bits per heavy atom. The Morgan fingerprint density at radius 2 is 1.89 bits per heavy atom. The van der Waals surface area contributed by atoms with Crippen molar-refractivity contribution in [3.05, 3.63) is 76.5 Å². The molecular formula is C19H15ClFN5O. The van der Waals surface area contributed by atoms with Crippen LogP contribution in [0.3, 0.4) is 0 Å². The number of rotatable bonds is 4. The lowest BCUT2D eigenvalue weighted by Crippen LogP contribution is -2.08. The summed E-state index contributed by atoms with van der Waals surface area (Å²) in [5, 5.41) is 22.1. The van der Waals surface area contributed by atoms with Crippen molar-refractivity contribution in [3.63, 3.8) is 0 Å². The van der Waals surface area contributed by atoms with Crippen molar-refractivity contribution in [2.75, 3.05) is 5.32 Å². The molecule has 0 saturated heterocycles. The second-order valence-corrected chi connectivity index (χ2v) is 6.54. The molecule has 2 heterocycles. The fraction of sp³-hybridized carbons (Fsp3) is 0.105. The fourth-order valence-corrected chi connectivity index (χ4v) is 2.90. The Morgan fingerprint density at radius 3 is 2.59 bits per heavy atom. The van der Waals surface area contributed by atoms with Gasteiger partial charge in [-0.25, -0.2) is 14.4 Å². The van der Waals surface area contributed by atoms with Gasteiger partial charge in [-0.05, 0) is 42.8 Å². The standard InChI is InChI=1S/C19H15ClFN5O/c1-10-8-16(26-25-10)23-18-14-7-4-12(20)9-15(14)22-19(24-18)17(27)11-2-5-13(21)6-3-11/h2-9,17,27H,1H3,(H2,22,23,24,25,26). The number of aromatic amines is 1. The summed E-state index contributed by atoms with van der Waals surface area (Å²) in [6, 6.07) is 12.6. The van der Waals surface area contributed by atoms with E-state index in [4.69, 9.17) is 11.6 Å². The van der Waals surface area contributed by atoms with Crippen molar-refractivity contribution in [2.24, 2.45) is 0 Å². The van der Waals surface area contributed by atoms with Gasteiger partial charge in [-0.3, -0.25) is 5.10 Å². The van der Waals surface area contributed by atoms with Crippen molar-refractivity contribution in [2.45, 2.75) is 13.0 Å². The number of aryl methyl sites for hydroxylation is 1. The minimum absolute atomic E-state index is 0.172. The van der Waals surface area contributed by atoms with Gasteiger partial charge in [0.1, 0.15) is 17.7 Å². The van der Waals surface area contributed by atoms with Gasteiger partial charge in [-0.2, -0.15) is 5.10 Å². The molecule has 0 fully saturated rings. The van der Waals surface area contributed by atoms with Crippen LogP contribution < -0.4 is 5.32 Å². The second-order valence-electron chi connectivity index (χ2n) is 6.11. The molecule has 4 rings (SSSR count). The van der Waals surface area contributed by atoms with Crippen LogP contribution in [0.4, 0.5) is 16.0 Å². The maximum atomic E-state index is 13.2. The molecule has 1 unspecified atom stereocenters. The van der Waals surface area contributed by atoms with E-state index in [9.17, 15) is 9.50 Å². The molecule has 8 heteroatoms. The van der Waals surface area contributed by atoms with Crippen LogP contribution in [-0.4, -0.2) is 25.3 Å². The molecule has 0 radical (unpaired) electrons. The number of hydrogen-bond acceptors (Lipinski definition) is 5. The van der Waals surface area contributed by atoms with Gasteiger partial charge < -0.3 is 10.4 Å². The van der Waals surface area contributed by atoms with Gasteiger partial charge >= 0.3 is 0 Å². The third kappa shape index (κ3) is 3.60. The monoisotopic (exact) mass is 383 g/mol. The van der Waals surface area contributed by atoms with Crippen molar-refractivity contribution in [1.29, 1.82) is 0 Å². The number of aliphatic hydroxyl groups excluding tert-OH is 1. The topological polar surface area (TPSA) is 86.7 Å². The lowest BCUT2D eigenvalue weighted by atomic mass is 10.1. The summed E-state index contributed by atoms with van der Waals surface area (Å²) in [5.41, 5.74) is 1.95. The molecule has 1 atom stereocenters. The number of nitrogens with zero attached hydrogens (tertiary/aromatic N) is 3. The van der Waals surface area contributed by atoms with E-state index in [2.05, 4.69) is 25.5 Å². The van der Waals surface area contributed by atoms with Crippen LogP contribution in [0.2, 0.25) is 5.02 Å². The predicted octanol–water partition coefficient (Wildman–Crippen LogP) is 4.28. The zero-order valence-corrected chi connectivity index (χ0v) is 15.0. The van der Waals surface area contributed by atoms with Gasteiger partial charge in [0.05, 0.1) is 5.52 Å². The largest absolute Gasteiger partial charge is 0.380 e. The first-order chi connectivity index (χ1) is 13.0. The fourth-order valence-electron chi connectivity index (χ4n) is 2.74. The minimum Gasteiger partial charge on any atom is -0.380 e. The predicted molar refractivity (Wildman–Crippen MR) is 102 cm³/mol. The van der Waals surface area contributed by atoms with E-state index < -0.39 is 6.10 Å². The van der Waals surface area contributed by atoms with Crippen LogP contribution in [0.1, 0.15) is 23.2 Å². The van der Waals surface area contributed by atoms with Gasteiger partial charge in [0.25, 0.3) is 0 Å². The van der Waals surface area contributed by atoms with Crippen molar-refractivity contribution in [3.8, 4) is 0 Å². The summed E-state index contributed by atoms with van der Waals surface area (Å²) in [4.78, 5) is 8.91. The molecule has 0 saturated carbocycles.